The summed E-state index contributed by atoms with van der Waals surface area (Å²) in [6.07, 6.45) is 4.98. The Bertz CT molecular complexity index is 3430. The van der Waals surface area contributed by atoms with Gasteiger partial charge in [0.1, 0.15) is 7.14 Å². The number of rotatable bonds is 8. The largest absolute Gasteiger partial charge is 0.319 e. The fourth-order valence-electron chi connectivity index (χ4n) is 11.5. The van der Waals surface area contributed by atoms with E-state index in [1.54, 1.807) is 0 Å². The van der Waals surface area contributed by atoms with Gasteiger partial charge in [-0.15, -0.1) is 0 Å². The molecule has 1 heterocycles. The molecule has 2 aliphatic rings. The molecule has 65 heavy (non-hydrogen) atoms. The first-order chi connectivity index (χ1) is 31.8. The quantitative estimate of drug-likeness (QED) is 0.113. The molecule has 0 amide bonds. The highest BCUT2D eigenvalue weighted by molar-refractivity contribution is 7.70. The topological polar surface area (TPSA) is 55.7 Å². The summed E-state index contributed by atoms with van der Waals surface area (Å²) in [5.74, 6) is 3.29. The third-order valence-electron chi connectivity index (χ3n) is 14.6. The van der Waals surface area contributed by atoms with Crippen LogP contribution in [0.2, 0.25) is 0 Å². The SMILES string of the molecule is CP(C)(=O)c1ccc(-c2ccc(C3(c4ccc(-c5nc(-c6ccc(-c7ccccc7)cc6)nc(-c6c7ccccc7cc7ccccc67)n5)cc4)CC4CCC3C4)cc2)c2ccccc12. The summed E-state index contributed by atoms with van der Waals surface area (Å²) in [5, 5.41) is 7.72. The highest BCUT2D eigenvalue weighted by Crippen LogP contribution is 2.60. The van der Waals surface area contributed by atoms with Crippen molar-refractivity contribution in [3.05, 3.63) is 205 Å². The van der Waals surface area contributed by atoms with Crippen LogP contribution in [0.25, 0.3) is 88.7 Å². The van der Waals surface area contributed by atoms with Gasteiger partial charge in [0, 0.05) is 27.4 Å². The number of aromatic nitrogens is 3. The number of benzene rings is 9. The average Bonchev–Trinajstić information content (AvgIpc) is 3.98. The molecule has 0 N–H and O–H groups in total. The Kier molecular flexibility index (Phi) is 9.51. The Morgan fingerprint density at radius 1 is 0.462 bits per heavy atom. The molecule has 2 aliphatic carbocycles. The number of hydrogen-bond donors (Lipinski definition) is 0. The molecule has 10 aromatic rings. The zero-order valence-corrected chi connectivity index (χ0v) is 37.5. The van der Waals surface area contributed by atoms with Crippen molar-refractivity contribution in [1.82, 2.24) is 15.0 Å². The van der Waals surface area contributed by atoms with Crippen LogP contribution in [0.15, 0.2) is 194 Å². The lowest BCUT2D eigenvalue weighted by molar-refractivity contribution is 0.320. The Morgan fingerprint density at radius 2 is 0.954 bits per heavy atom. The second kappa shape index (κ2) is 15.6. The van der Waals surface area contributed by atoms with E-state index < -0.39 is 7.14 Å². The van der Waals surface area contributed by atoms with Gasteiger partial charge in [-0.05, 0) is 116 Å². The van der Waals surface area contributed by atoms with Crippen LogP contribution in [0.5, 0.6) is 0 Å². The van der Waals surface area contributed by atoms with Gasteiger partial charge in [-0.25, -0.2) is 15.0 Å². The van der Waals surface area contributed by atoms with E-state index in [1.165, 1.54) is 47.1 Å². The van der Waals surface area contributed by atoms with Crippen molar-refractivity contribution < 1.29 is 4.57 Å². The second-order valence-electron chi connectivity index (χ2n) is 18.7. The van der Waals surface area contributed by atoms with Crippen LogP contribution in [0.3, 0.4) is 0 Å². The smallest absolute Gasteiger partial charge is 0.165 e. The molecule has 12 rings (SSSR count). The van der Waals surface area contributed by atoms with Crippen molar-refractivity contribution in [2.75, 3.05) is 13.3 Å². The molecule has 0 aliphatic heterocycles. The summed E-state index contributed by atoms with van der Waals surface area (Å²) in [6.45, 7) is 3.73. The third-order valence-corrected chi connectivity index (χ3v) is 16.1. The maximum Gasteiger partial charge on any atom is 0.165 e. The molecule has 2 saturated carbocycles. The molecular weight excluding hydrogens is 810 g/mol. The molecule has 2 bridgehead atoms. The molecule has 3 atom stereocenters. The average molecular weight is 858 g/mol. The summed E-state index contributed by atoms with van der Waals surface area (Å²) < 4.78 is 13.3. The molecule has 9 aromatic carbocycles. The minimum atomic E-state index is -2.44. The van der Waals surface area contributed by atoms with E-state index in [0.717, 1.165) is 72.2 Å². The van der Waals surface area contributed by atoms with Crippen molar-refractivity contribution in [2.24, 2.45) is 11.8 Å². The summed E-state index contributed by atoms with van der Waals surface area (Å²) in [5.41, 5.74) is 10.3. The second-order valence-corrected chi connectivity index (χ2v) is 21.9. The minimum absolute atomic E-state index is 0.0687. The minimum Gasteiger partial charge on any atom is -0.319 e. The maximum atomic E-state index is 13.3. The predicted octanol–water partition coefficient (Wildman–Crippen LogP) is 15.0. The zero-order valence-electron chi connectivity index (χ0n) is 36.7. The van der Waals surface area contributed by atoms with E-state index in [4.69, 9.17) is 15.0 Å². The fraction of sp³-hybridized carbons (Fsp3) is 0.150. The summed E-state index contributed by atoms with van der Waals surface area (Å²) in [4.78, 5) is 15.9. The van der Waals surface area contributed by atoms with Crippen LogP contribution in [-0.2, 0) is 9.98 Å². The van der Waals surface area contributed by atoms with Crippen LogP contribution >= 0.6 is 7.14 Å². The van der Waals surface area contributed by atoms with Crippen LogP contribution in [0.4, 0.5) is 0 Å². The standard InChI is InChI=1S/C60H48N3OP/c1-65(2,64)55-35-34-50(53-18-10-11-19-54(53)55)42-25-30-47(31-26-42)60(38-39-20-29-49(60)36-39)48-32-27-44(28-33-48)58-61-57(43-23-21-41(22-24-43)40-12-4-3-5-13-40)62-59(63-58)56-51-16-8-6-14-45(51)37-46-15-7-9-17-52(46)56/h3-19,21-28,30-35,37,39,49H,20,29,36,38H2,1-2H3. The molecule has 0 spiro atoms. The number of hydrogen-bond acceptors (Lipinski definition) is 4. The molecule has 314 valence electrons. The monoisotopic (exact) mass is 857 g/mol. The molecule has 3 unspecified atom stereocenters. The van der Waals surface area contributed by atoms with E-state index in [1.807, 2.05) is 19.4 Å². The molecular formula is C60H48N3OP. The molecule has 5 heteroatoms. The Labute approximate surface area is 380 Å². The normalized spacial score (nSPS) is 18.2. The first-order valence-corrected chi connectivity index (χ1v) is 25.5. The first-order valence-electron chi connectivity index (χ1n) is 22.9. The van der Waals surface area contributed by atoms with Crippen LogP contribution in [-0.4, -0.2) is 28.3 Å². The van der Waals surface area contributed by atoms with E-state index in [-0.39, 0.29) is 5.41 Å². The van der Waals surface area contributed by atoms with Gasteiger partial charge in [0.05, 0.1) is 0 Å². The highest BCUT2D eigenvalue weighted by Gasteiger charge is 2.52. The van der Waals surface area contributed by atoms with E-state index in [2.05, 4.69) is 188 Å². The summed E-state index contributed by atoms with van der Waals surface area (Å²) >= 11 is 0. The summed E-state index contributed by atoms with van der Waals surface area (Å²) in [7, 11) is -2.44. The number of nitrogens with zero attached hydrogens (tertiary/aromatic N) is 3. The van der Waals surface area contributed by atoms with Gasteiger partial charge in [-0.2, -0.15) is 0 Å². The van der Waals surface area contributed by atoms with Crippen molar-refractivity contribution in [2.45, 2.75) is 31.1 Å². The van der Waals surface area contributed by atoms with Gasteiger partial charge in [0.25, 0.3) is 0 Å². The molecule has 2 fully saturated rings. The van der Waals surface area contributed by atoms with Crippen molar-refractivity contribution >= 4 is 44.8 Å². The highest BCUT2D eigenvalue weighted by atomic mass is 31.2. The Morgan fingerprint density at radius 3 is 1.52 bits per heavy atom. The Balaban J connectivity index is 0.961. The lowest BCUT2D eigenvalue weighted by atomic mass is 9.64. The van der Waals surface area contributed by atoms with Crippen LogP contribution < -0.4 is 5.30 Å². The van der Waals surface area contributed by atoms with E-state index >= 15 is 0 Å². The van der Waals surface area contributed by atoms with Gasteiger partial charge in [-0.3, -0.25) is 0 Å². The van der Waals surface area contributed by atoms with Gasteiger partial charge in [-0.1, -0.05) is 194 Å². The molecule has 0 radical (unpaired) electrons. The van der Waals surface area contributed by atoms with Gasteiger partial charge < -0.3 is 4.57 Å². The maximum absolute atomic E-state index is 13.3. The predicted molar refractivity (Wildman–Crippen MR) is 271 cm³/mol. The van der Waals surface area contributed by atoms with Gasteiger partial charge >= 0.3 is 0 Å². The number of fused-ring (bicyclic) bond motifs is 5. The first kappa shape index (κ1) is 39.6. The van der Waals surface area contributed by atoms with Gasteiger partial charge in [0.15, 0.2) is 17.5 Å². The fourth-order valence-corrected chi connectivity index (χ4v) is 12.7. The molecule has 1 aromatic heterocycles. The van der Waals surface area contributed by atoms with Gasteiger partial charge in [0.2, 0.25) is 0 Å². The summed E-state index contributed by atoms with van der Waals surface area (Å²) in [6, 6.07) is 69.7. The van der Waals surface area contributed by atoms with Crippen LogP contribution in [0.1, 0.15) is 36.8 Å². The zero-order chi connectivity index (χ0) is 43.7. The third kappa shape index (κ3) is 6.82. The van der Waals surface area contributed by atoms with Crippen molar-refractivity contribution in [3.8, 4) is 56.4 Å². The lowest BCUT2D eigenvalue weighted by Crippen LogP contribution is -2.34. The Hall–Kier alpha value is -7.00. The van der Waals surface area contributed by atoms with Crippen molar-refractivity contribution in [3.63, 3.8) is 0 Å². The van der Waals surface area contributed by atoms with Crippen LogP contribution in [0, 0.1) is 11.8 Å². The van der Waals surface area contributed by atoms with E-state index in [9.17, 15) is 4.57 Å². The molecule has 0 saturated heterocycles. The molecule has 4 nitrogen and oxygen atoms in total. The van der Waals surface area contributed by atoms with Crippen molar-refractivity contribution in [1.29, 1.82) is 0 Å². The lowest BCUT2D eigenvalue weighted by Gasteiger charge is -2.39. The van der Waals surface area contributed by atoms with E-state index in [0.29, 0.717) is 23.4 Å².